The number of fused-ring (bicyclic) bond motifs is 3. The number of anilines is 2. The van der Waals surface area contributed by atoms with Crippen molar-refractivity contribution in [2.45, 2.75) is 64.8 Å². The van der Waals surface area contributed by atoms with Crippen molar-refractivity contribution in [1.29, 1.82) is 0 Å². The van der Waals surface area contributed by atoms with Gasteiger partial charge in [0.25, 0.3) is 5.56 Å². The van der Waals surface area contributed by atoms with Gasteiger partial charge < -0.3 is 25.0 Å². The van der Waals surface area contributed by atoms with Crippen LogP contribution in [-0.4, -0.2) is 62.4 Å². The molecule has 2 N–H and O–H groups in total. The summed E-state index contributed by atoms with van der Waals surface area (Å²) < 4.78 is 7.18. The molecule has 2 saturated heterocycles. The number of carbonyl (C=O) groups is 2. The van der Waals surface area contributed by atoms with Gasteiger partial charge in [0.15, 0.2) is 0 Å². The van der Waals surface area contributed by atoms with Crippen LogP contribution in [0.2, 0.25) is 0 Å². The highest BCUT2D eigenvalue weighted by Crippen LogP contribution is 2.36. The lowest BCUT2D eigenvalue weighted by Gasteiger charge is -2.36. The fourth-order valence-electron chi connectivity index (χ4n) is 5.69. The van der Waals surface area contributed by atoms with Crippen LogP contribution < -0.4 is 15.8 Å². The van der Waals surface area contributed by atoms with Crippen LogP contribution in [0.3, 0.4) is 0 Å². The van der Waals surface area contributed by atoms with Gasteiger partial charge >= 0.3 is 12.1 Å². The fourth-order valence-corrected chi connectivity index (χ4v) is 5.69. The maximum Gasteiger partial charge on any atom is 0.410 e. The first-order valence-corrected chi connectivity index (χ1v) is 13.2. The molecule has 3 atom stereocenters. The smallest absolute Gasteiger partial charge is 0.410 e. The summed E-state index contributed by atoms with van der Waals surface area (Å²) in [5.41, 5.74) is 2.26. The fraction of sp³-hybridized carbons (Fsp3) is 0.448. The second-order valence-electron chi connectivity index (χ2n) is 11.6. The minimum Gasteiger partial charge on any atom is -0.478 e. The Morgan fingerprint density at radius 1 is 1.15 bits per heavy atom. The van der Waals surface area contributed by atoms with E-state index in [9.17, 15) is 19.5 Å². The number of benzene rings is 2. The summed E-state index contributed by atoms with van der Waals surface area (Å²) in [5, 5.41) is 13.4. The van der Waals surface area contributed by atoms with E-state index in [-0.39, 0.29) is 35.3 Å². The summed E-state index contributed by atoms with van der Waals surface area (Å²) in [6, 6.07) is 10.3. The highest BCUT2D eigenvalue weighted by atomic mass is 16.6. The highest BCUT2D eigenvalue weighted by molar-refractivity contribution is 5.94. The van der Waals surface area contributed by atoms with Crippen molar-refractivity contribution < 1.29 is 19.4 Å². The molecule has 10 heteroatoms. The normalized spacial score (nSPS) is 19.4. The maximum atomic E-state index is 13.6. The first-order chi connectivity index (χ1) is 18.3. The van der Waals surface area contributed by atoms with Crippen molar-refractivity contribution in [3.63, 3.8) is 0 Å². The van der Waals surface area contributed by atoms with Crippen LogP contribution in [-0.2, 0) is 11.8 Å². The van der Waals surface area contributed by atoms with Gasteiger partial charge in [-0.2, -0.15) is 0 Å². The van der Waals surface area contributed by atoms with Crippen molar-refractivity contribution in [2.24, 2.45) is 7.05 Å². The minimum atomic E-state index is -1.02. The average Bonchev–Trinajstić information content (AvgIpc) is 3.46. The second-order valence-corrected chi connectivity index (χ2v) is 11.6. The zero-order valence-electron chi connectivity index (χ0n) is 23.2. The third-order valence-corrected chi connectivity index (χ3v) is 7.45. The molecule has 39 heavy (non-hydrogen) atoms. The zero-order chi connectivity index (χ0) is 28.2. The number of nitrogens with zero attached hydrogens (tertiary/aromatic N) is 4. The van der Waals surface area contributed by atoms with E-state index < -0.39 is 11.6 Å². The predicted octanol–water partition coefficient (Wildman–Crippen LogP) is 4.31. The van der Waals surface area contributed by atoms with Crippen molar-refractivity contribution >= 4 is 34.6 Å². The third kappa shape index (κ3) is 4.91. The number of amides is 1. The number of hydrogen-bond acceptors (Lipinski definition) is 7. The number of para-hydroxylation sites is 1. The van der Waals surface area contributed by atoms with Crippen molar-refractivity contribution in [3.8, 4) is 0 Å². The van der Waals surface area contributed by atoms with Gasteiger partial charge in [-0.25, -0.2) is 14.6 Å². The number of rotatable bonds is 5. The molecule has 2 aliphatic rings. The number of nitrogens with one attached hydrogen (secondary N) is 1. The molecule has 0 radical (unpaired) electrons. The molecular formula is C29H35N5O5. The third-order valence-electron chi connectivity index (χ3n) is 7.45. The number of carboxylic acids is 1. The molecule has 2 aliphatic heterocycles. The highest BCUT2D eigenvalue weighted by Gasteiger charge is 2.47. The van der Waals surface area contributed by atoms with Gasteiger partial charge in [0, 0.05) is 31.4 Å². The molecule has 2 fully saturated rings. The van der Waals surface area contributed by atoms with Gasteiger partial charge in [0.05, 0.1) is 34.6 Å². The first-order valence-electron chi connectivity index (χ1n) is 13.2. The number of ether oxygens (including phenoxy) is 1. The number of hydrogen-bond donors (Lipinski definition) is 2. The summed E-state index contributed by atoms with van der Waals surface area (Å²) >= 11 is 0. The van der Waals surface area contributed by atoms with Gasteiger partial charge in [-0.15, -0.1) is 0 Å². The van der Waals surface area contributed by atoms with Crippen molar-refractivity contribution in [3.05, 3.63) is 63.4 Å². The Hall–Kier alpha value is -4.08. The van der Waals surface area contributed by atoms with E-state index in [2.05, 4.69) is 10.2 Å². The molecule has 2 bridgehead atoms. The van der Waals surface area contributed by atoms with Crippen LogP contribution >= 0.6 is 0 Å². The van der Waals surface area contributed by atoms with Crippen LogP contribution in [0.1, 0.15) is 61.6 Å². The number of carbonyl (C=O) groups excluding carboxylic acids is 1. The standard InChI is InChI=1S/C29H35N5O5/c1-16-11-21(17(2)30-23-10-8-7-9-20(23)26(36)37)24-22(12-16)25(35)32(6)27(31-24)33-14-19-13-18(33)15-34(19)28(38)39-29(3,4)5/h7-12,17-19,30H,13-15H2,1-6H3,(H,36,37). The monoisotopic (exact) mass is 533 g/mol. The summed E-state index contributed by atoms with van der Waals surface area (Å²) in [5.74, 6) is -0.453. The second kappa shape index (κ2) is 9.59. The van der Waals surface area contributed by atoms with Crippen LogP contribution in [0.15, 0.2) is 41.2 Å². The quantitative estimate of drug-likeness (QED) is 0.498. The van der Waals surface area contributed by atoms with Gasteiger partial charge in [-0.1, -0.05) is 18.2 Å². The van der Waals surface area contributed by atoms with Gasteiger partial charge in [-0.3, -0.25) is 9.36 Å². The van der Waals surface area contributed by atoms with Gasteiger partial charge in [0.1, 0.15) is 5.60 Å². The Balaban J connectivity index is 1.49. The SMILES string of the molecule is Cc1cc(C(C)Nc2ccccc2C(=O)O)c2nc(N3CC4CC3CN4C(=O)OC(C)(C)C)n(C)c(=O)c2c1. The molecule has 0 aliphatic carbocycles. The van der Waals surface area contributed by atoms with E-state index >= 15 is 0 Å². The van der Waals surface area contributed by atoms with Crippen molar-refractivity contribution in [1.82, 2.24) is 14.5 Å². The predicted molar refractivity (Wildman–Crippen MR) is 150 cm³/mol. The minimum absolute atomic E-state index is 0.0111. The van der Waals surface area contributed by atoms with Gasteiger partial charge in [0.2, 0.25) is 5.95 Å². The van der Waals surface area contributed by atoms with E-state index in [0.29, 0.717) is 35.6 Å². The molecular weight excluding hydrogens is 498 g/mol. The van der Waals surface area contributed by atoms with Crippen LogP contribution in [0.4, 0.5) is 16.4 Å². The maximum absolute atomic E-state index is 13.6. The van der Waals surface area contributed by atoms with E-state index in [1.807, 2.05) is 46.8 Å². The number of aryl methyl sites for hydroxylation is 1. The van der Waals surface area contributed by atoms with E-state index in [0.717, 1.165) is 17.5 Å². The number of carboxylic acid groups (broad SMARTS) is 1. The Morgan fingerprint density at radius 3 is 2.51 bits per heavy atom. The molecule has 1 aromatic heterocycles. The summed E-state index contributed by atoms with van der Waals surface area (Å²) in [7, 11) is 1.73. The molecule has 1 amide bonds. The van der Waals surface area contributed by atoms with Crippen molar-refractivity contribution in [2.75, 3.05) is 23.3 Å². The van der Waals surface area contributed by atoms with Crippen LogP contribution in [0.25, 0.3) is 10.9 Å². The summed E-state index contributed by atoms with van der Waals surface area (Å²) in [4.78, 5) is 47.0. The first kappa shape index (κ1) is 26.5. The number of aromatic nitrogens is 2. The number of aromatic carboxylic acids is 1. The molecule has 10 nitrogen and oxygen atoms in total. The summed E-state index contributed by atoms with van der Waals surface area (Å²) in [6.07, 6.45) is 0.479. The molecule has 3 heterocycles. The molecule has 5 rings (SSSR count). The lowest BCUT2D eigenvalue weighted by molar-refractivity contribution is 0.0214. The Bertz CT molecular complexity index is 1520. The molecule has 3 unspecified atom stereocenters. The molecule has 206 valence electrons. The average molecular weight is 534 g/mol. The Kier molecular flexibility index (Phi) is 6.52. The number of piperazine rings is 1. The van der Waals surface area contributed by atoms with Crippen LogP contribution in [0.5, 0.6) is 0 Å². The zero-order valence-corrected chi connectivity index (χ0v) is 23.2. The Morgan fingerprint density at radius 2 is 1.87 bits per heavy atom. The van der Waals surface area contributed by atoms with E-state index in [4.69, 9.17) is 9.72 Å². The Labute approximate surface area is 227 Å². The lowest BCUT2D eigenvalue weighted by Crippen LogP contribution is -2.51. The molecule has 0 spiro atoms. The molecule has 2 aromatic carbocycles. The molecule has 3 aromatic rings. The largest absolute Gasteiger partial charge is 0.478 e. The van der Waals surface area contributed by atoms with E-state index in [1.165, 1.54) is 0 Å². The lowest BCUT2D eigenvalue weighted by atomic mass is 10.0. The van der Waals surface area contributed by atoms with Crippen LogP contribution in [0, 0.1) is 6.92 Å². The number of likely N-dealkylation sites (tertiary alicyclic amines) is 1. The topological polar surface area (TPSA) is 117 Å². The molecule has 0 saturated carbocycles. The summed E-state index contributed by atoms with van der Waals surface area (Å²) in [6.45, 7) is 10.5. The van der Waals surface area contributed by atoms with E-state index in [1.54, 1.807) is 40.8 Å². The van der Waals surface area contributed by atoms with Gasteiger partial charge in [-0.05, 0) is 64.8 Å².